The first-order valence-electron chi connectivity index (χ1n) is 6.33. The standard InChI is InChI=1S/C14H21FN2O/c1-17(13-6-4-3-5-12(13)15)14(9-16,10-18-2)11-7-8-11/h3-6,11H,7-10,16H2,1-2H3. The van der Waals surface area contributed by atoms with Gasteiger partial charge in [0, 0.05) is 20.7 Å². The van der Waals surface area contributed by atoms with Crippen LogP contribution in [-0.4, -0.2) is 32.8 Å². The van der Waals surface area contributed by atoms with Gasteiger partial charge in [-0.3, -0.25) is 0 Å². The number of nitrogens with two attached hydrogens (primary N) is 1. The van der Waals surface area contributed by atoms with Gasteiger partial charge in [0.25, 0.3) is 0 Å². The lowest BCUT2D eigenvalue weighted by Gasteiger charge is -2.42. The van der Waals surface area contributed by atoms with Crippen molar-refractivity contribution in [2.45, 2.75) is 18.4 Å². The molecule has 1 saturated carbocycles. The van der Waals surface area contributed by atoms with Gasteiger partial charge in [-0.2, -0.15) is 0 Å². The van der Waals surface area contributed by atoms with E-state index in [1.165, 1.54) is 6.07 Å². The first kappa shape index (κ1) is 13.3. The summed E-state index contributed by atoms with van der Waals surface area (Å²) in [6, 6.07) is 6.81. The molecule has 0 aromatic heterocycles. The number of ether oxygens (including phenoxy) is 1. The van der Waals surface area contributed by atoms with Crippen LogP contribution in [0.3, 0.4) is 0 Å². The highest BCUT2D eigenvalue weighted by molar-refractivity contribution is 5.50. The van der Waals surface area contributed by atoms with Crippen LogP contribution >= 0.6 is 0 Å². The van der Waals surface area contributed by atoms with E-state index >= 15 is 0 Å². The second kappa shape index (κ2) is 5.24. The highest BCUT2D eigenvalue weighted by atomic mass is 19.1. The molecule has 0 spiro atoms. The Labute approximate surface area is 108 Å². The third kappa shape index (κ3) is 2.22. The Morgan fingerprint density at radius 1 is 1.44 bits per heavy atom. The summed E-state index contributed by atoms with van der Waals surface area (Å²) in [6.07, 6.45) is 2.28. The third-order valence-corrected chi connectivity index (χ3v) is 3.97. The number of hydrogen-bond acceptors (Lipinski definition) is 3. The topological polar surface area (TPSA) is 38.5 Å². The van der Waals surface area contributed by atoms with E-state index in [0.29, 0.717) is 24.8 Å². The summed E-state index contributed by atoms with van der Waals surface area (Å²) in [5.74, 6) is 0.279. The SMILES string of the molecule is COCC(CN)(C1CC1)N(C)c1ccccc1F. The maximum absolute atomic E-state index is 13.9. The quantitative estimate of drug-likeness (QED) is 0.841. The van der Waals surface area contributed by atoms with Gasteiger partial charge in [0.2, 0.25) is 0 Å². The van der Waals surface area contributed by atoms with Gasteiger partial charge < -0.3 is 15.4 Å². The zero-order valence-corrected chi connectivity index (χ0v) is 11.0. The van der Waals surface area contributed by atoms with E-state index < -0.39 is 0 Å². The molecule has 0 amide bonds. The molecule has 0 radical (unpaired) electrons. The maximum Gasteiger partial charge on any atom is 0.146 e. The zero-order chi connectivity index (χ0) is 13.2. The highest BCUT2D eigenvalue weighted by Crippen LogP contribution is 2.44. The Kier molecular flexibility index (Phi) is 3.88. The zero-order valence-electron chi connectivity index (χ0n) is 11.0. The number of rotatable bonds is 6. The van der Waals surface area contributed by atoms with Gasteiger partial charge in [-0.05, 0) is 30.9 Å². The van der Waals surface area contributed by atoms with E-state index in [9.17, 15) is 4.39 Å². The second-order valence-corrected chi connectivity index (χ2v) is 5.03. The second-order valence-electron chi connectivity index (χ2n) is 5.03. The Morgan fingerprint density at radius 2 is 2.11 bits per heavy atom. The van der Waals surface area contributed by atoms with Crippen LogP contribution < -0.4 is 10.6 Å². The van der Waals surface area contributed by atoms with Crippen LogP contribution in [0.1, 0.15) is 12.8 Å². The van der Waals surface area contributed by atoms with Crippen LogP contribution in [0, 0.1) is 11.7 Å². The number of para-hydroxylation sites is 1. The third-order valence-electron chi connectivity index (χ3n) is 3.97. The summed E-state index contributed by atoms with van der Waals surface area (Å²) in [5, 5.41) is 0. The van der Waals surface area contributed by atoms with E-state index in [1.807, 2.05) is 18.0 Å². The summed E-state index contributed by atoms with van der Waals surface area (Å²) in [6.45, 7) is 0.995. The Bertz CT molecular complexity index is 409. The maximum atomic E-state index is 13.9. The van der Waals surface area contributed by atoms with Gasteiger partial charge in [0.15, 0.2) is 0 Å². The fraction of sp³-hybridized carbons (Fsp3) is 0.571. The summed E-state index contributed by atoms with van der Waals surface area (Å²) in [7, 11) is 3.57. The van der Waals surface area contributed by atoms with E-state index in [-0.39, 0.29) is 11.4 Å². The molecule has 0 bridgehead atoms. The normalized spacial score (nSPS) is 18.4. The van der Waals surface area contributed by atoms with Crippen molar-refractivity contribution in [1.29, 1.82) is 0 Å². The molecule has 1 aliphatic carbocycles. The minimum absolute atomic E-state index is 0.213. The number of nitrogens with zero attached hydrogens (tertiary/aromatic N) is 1. The number of anilines is 1. The summed E-state index contributed by atoms with van der Waals surface area (Å²) >= 11 is 0. The molecule has 4 heteroatoms. The molecule has 1 atom stereocenters. The van der Waals surface area contributed by atoms with Crippen molar-refractivity contribution in [2.24, 2.45) is 11.7 Å². The molecule has 1 fully saturated rings. The smallest absolute Gasteiger partial charge is 0.146 e. The molecular formula is C14H21FN2O. The predicted molar refractivity (Wildman–Crippen MR) is 71.2 cm³/mol. The van der Waals surface area contributed by atoms with Crippen molar-refractivity contribution in [1.82, 2.24) is 0 Å². The van der Waals surface area contributed by atoms with Gasteiger partial charge in [-0.25, -0.2) is 4.39 Å². The minimum Gasteiger partial charge on any atom is -0.382 e. The van der Waals surface area contributed by atoms with Crippen molar-refractivity contribution in [3.8, 4) is 0 Å². The van der Waals surface area contributed by atoms with E-state index in [2.05, 4.69) is 0 Å². The van der Waals surface area contributed by atoms with Gasteiger partial charge in [-0.15, -0.1) is 0 Å². The average Bonchev–Trinajstić information content (AvgIpc) is 3.20. The average molecular weight is 252 g/mol. The van der Waals surface area contributed by atoms with Crippen molar-refractivity contribution in [3.63, 3.8) is 0 Å². The number of halogens is 1. The molecule has 0 heterocycles. The summed E-state index contributed by atoms with van der Waals surface area (Å²) in [5.41, 5.74) is 6.27. The molecule has 18 heavy (non-hydrogen) atoms. The molecule has 0 saturated heterocycles. The van der Waals surface area contributed by atoms with Crippen molar-refractivity contribution >= 4 is 5.69 Å². The molecular weight excluding hydrogens is 231 g/mol. The number of benzene rings is 1. The molecule has 2 rings (SSSR count). The van der Waals surface area contributed by atoms with Crippen LogP contribution in [0.5, 0.6) is 0 Å². The molecule has 1 unspecified atom stereocenters. The fourth-order valence-electron chi connectivity index (χ4n) is 2.69. The van der Waals surface area contributed by atoms with Gasteiger partial charge in [0.05, 0.1) is 17.8 Å². The minimum atomic E-state index is -0.295. The predicted octanol–water partition coefficient (Wildman–Crippen LogP) is 2.02. The molecule has 0 aliphatic heterocycles. The Balaban J connectivity index is 2.33. The lowest BCUT2D eigenvalue weighted by Crippen LogP contribution is -2.57. The Morgan fingerprint density at radius 3 is 2.61 bits per heavy atom. The van der Waals surface area contributed by atoms with E-state index in [1.54, 1.807) is 19.2 Å². The largest absolute Gasteiger partial charge is 0.382 e. The highest BCUT2D eigenvalue weighted by Gasteiger charge is 2.47. The van der Waals surface area contributed by atoms with E-state index in [4.69, 9.17) is 10.5 Å². The molecule has 1 aromatic rings. The summed E-state index contributed by atoms with van der Waals surface area (Å²) < 4.78 is 19.2. The van der Waals surface area contributed by atoms with Gasteiger partial charge in [-0.1, -0.05) is 12.1 Å². The van der Waals surface area contributed by atoms with Crippen LogP contribution in [-0.2, 0) is 4.74 Å². The van der Waals surface area contributed by atoms with E-state index in [0.717, 1.165) is 12.8 Å². The first-order valence-corrected chi connectivity index (χ1v) is 6.33. The van der Waals surface area contributed by atoms with Crippen LogP contribution in [0.25, 0.3) is 0 Å². The van der Waals surface area contributed by atoms with Crippen LogP contribution in [0.2, 0.25) is 0 Å². The van der Waals surface area contributed by atoms with Gasteiger partial charge >= 0.3 is 0 Å². The fourth-order valence-corrected chi connectivity index (χ4v) is 2.69. The summed E-state index contributed by atoms with van der Waals surface area (Å²) in [4.78, 5) is 1.96. The Hall–Kier alpha value is -1.13. The van der Waals surface area contributed by atoms with Crippen LogP contribution in [0.4, 0.5) is 10.1 Å². The van der Waals surface area contributed by atoms with Crippen molar-refractivity contribution in [2.75, 3.05) is 32.2 Å². The molecule has 100 valence electrons. The number of methoxy groups -OCH3 is 1. The van der Waals surface area contributed by atoms with Crippen molar-refractivity contribution < 1.29 is 9.13 Å². The molecule has 2 N–H and O–H groups in total. The number of likely N-dealkylation sites (N-methyl/N-ethyl adjacent to an activating group) is 1. The molecule has 3 nitrogen and oxygen atoms in total. The lowest BCUT2D eigenvalue weighted by atomic mass is 9.91. The monoisotopic (exact) mass is 252 g/mol. The van der Waals surface area contributed by atoms with Crippen LogP contribution in [0.15, 0.2) is 24.3 Å². The lowest BCUT2D eigenvalue weighted by molar-refractivity contribution is 0.120. The van der Waals surface area contributed by atoms with Gasteiger partial charge in [0.1, 0.15) is 5.82 Å². The first-order chi connectivity index (χ1) is 8.65. The number of hydrogen-bond donors (Lipinski definition) is 1. The molecule has 1 aromatic carbocycles. The molecule has 1 aliphatic rings. The van der Waals surface area contributed by atoms with Crippen molar-refractivity contribution in [3.05, 3.63) is 30.1 Å².